The average molecular weight is 594 g/mol. The minimum absolute atomic E-state index is 0.0113. The number of nitrogens with zero attached hydrogens (tertiary/aromatic N) is 3. The Morgan fingerprint density at radius 1 is 1.45 bits per heavy atom. The number of amides is 2. The molecule has 0 aliphatic carbocycles. The van der Waals surface area contributed by atoms with Gasteiger partial charge in [0, 0.05) is 57.2 Å². The Kier molecular flexibility index (Phi) is 9.93. The molecule has 8 N–H and O–H groups in total. The van der Waals surface area contributed by atoms with E-state index in [9.17, 15) is 27.1 Å². The third-order valence-electron chi connectivity index (χ3n) is 6.09. The highest BCUT2D eigenvalue weighted by molar-refractivity contribution is 8.23. The average Bonchev–Trinajstić information content (AvgIpc) is 3.52. The van der Waals surface area contributed by atoms with Crippen LogP contribution >= 0.6 is 22.1 Å². The molecule has 17 heteroatoms. The Morgan fingerprint density at radius 2 is 2.16 bits per heavy atom. The fourth-order valence-corrected chi connectivity index (χ4v) is 8.54. The zero-order chi connectivity index (χ0) is 28.3. The third kappa shape index (κ3) is 6.72. The minimum Gasteiger partial charge on any atom is -0.385 e. The van der Waals surface area contributed by atoms with Crippen molar-refractivity contribution in [1.29, 1.82) is 0 Å². The second-order valence-electron chi connectivity index (χ2n) is 8.88. The van der Waals surface area contributed by atoms with E-state index in [-0.39, 0.29) is 40.0 Å². The molecule has 0 radical (unpaired) electrons. The number of aromatic nitrogens is 2. The van der Waals surface area contributed by atoms with E-state index in [1.54, 1.807) is 6.92 Å². The van der Waals surface area contributed by atoms with Gasteiger partial charge in [-0.25, -0.2) is 18.5 Å². The Labute approximate surface area is 227 Å². The summed E-state index contributed by atoms with van der Waals surface area (Å²) in [7, 11) is -6.18. The number of carbonyl (C=O) groups is 2. The number of hydrogen-bond acceptors (Lipinski definition) is 11. The number of ether oxygens (including phenoxy) is 1. The van der Waals surface area contributed by atoms with Gasteiger partial charge in [-0.05, 0) is 26.3 Å². The van der Waals surface area contributed by atoms with Crippen molar-refractivity contribution in [2.45, 2.75) is 53.2 Å². The maximum atomic E-state index is 13.9. The van der Waals surface area contributed by atoms with Crippen molar-refractivity contribution >= 4 is 44.0 Å². The third-order valence-corrected chi connectivity index (χ3v) is 11.2. The molecule has 3 atom stereocenters. The standard InChI is InChI=1S/C21H35N7O7S3/c1-4-28(20(30)16(26-19(29)13(2)22)8-14-10-24-12-25-14)17-11-27(6-5-7-35-3)38(33,34)21-15(17)9-18(36-21)37(23,31)32/h9-10,12-13,16-17,33-34H,4-8,11,22H2,1-3H3,(H,24,25)(H,26,29)(H2,23,31,32). The second-order valence-corrected chi connectivity index (χ2v) is 13.9. The predicted molar refractivity (Wildman–Crippen MR) is 143 cm³/mol. The lowest BCUT2D eigenvalue weighted by Crippen LogP contribution is -2.55. The molecule has 3 rings (SSSR count). The van der Waals surface area contributed by atoms with E-state index in [2.05, 4.69) is 15.3 Å². The summed E-state index contributed by atoms with van der Waals surface area (Å²) >= 11 is 0.676. The number of rotatable bonds is 12. The molecule has 1 aliphatic heterocycles. The fourth-order valence-electron chi connectivity index (χ4n) is 4.18. The molecular weight excluding hydrogens is 558 g/mol. The minimum atomic E-state index is -4.15. The maximum absolute atomic E-state index is 13.9. The molecule has 0 saturated carbocycles. The summed E-state index contributed by atoms with van der Waals surface area (Å²) in [4.78, 5) is 34.8. The van der Waals surface area contributed by atoms with Crippen LogP contribution in [0, 0.1) is 0 Å². The lowest BCUT2D eigenvalue weighted by Gasteiger charge is -2.50. The topological polar surface area (TPSA) is 217 Å². The number of fused-ring (bicyclic) bond motifs is 1. The van der Waals surface area contributed by atoms with Crippen molar-refractivity contribution in [3.05, 3.63) is 29.8 Å². The van der Waals surface area contributed by atoms with Gasteiger partial charge in [0.1, 0.15) is 14.5 Å². The molecule has 1 aliphatic rings. The molecule has 3 unspecified atom stereocenters. The van der Waals surface area contributed by atoms with Gasteiger partial charge in [-0.1, -0.05) is 10.8 Å². The molecule has 14 nitrogen and oxygen atoms in total. The van der Waals surface area contributed by atoms with Crippen molar-refractivity contribution in [2.75, 3.05) is 33.4 Å². The van der Waals surface area contributed by atoms with Gasteiger partial charge in [0.2, 0.25) is 21.8 Å². The van der Waals surface area contributed by atoms with Crippen LogP contribution < -0.4 is 16.2 Å². The summed E-state index contributed by atoms with van der Waals surface area (Å²) in [5.74, 6) is -0.976. The zero-order valence-electron chi connectivity index (χ0n) is 21.4. The first-order chi connectivity index (χ1) is 17.8. The lowest BCUT2D eigenvalue weighted by molar-refractivity contribution is -0.139. The van der Waals surface area contributed by atoms with Crippen LogP contribution in [0.1, 0.15) is 37.6 Å². The SMILES string of the molecule is CCN(C(=O)C(Cc1cnc[nH]1)NC(=O)C(C)N)C1CN(CCCOC)S(O)(O)c2sc(S(N)(=O)=O)cc21. The zero-order valence-corrected chi connectivity index (χ0v) is 23.8. The van der Waals surface area contributed by atoms with E-state index in [1.165, 1.54) is 41.8 Å². The molecule has 0 saturated heterocycles. The molecule has 214 valence electrons. The van der Waals surface area contributed by atoms with Crippen molar-refractivity contribution in [1.82, 2.24) is 24.5 Å². The first-order valence-electron chi connectivity index (χ1n) is 11.8. The number of H-pyrrole nitrogens is 1. The Balaban J connectivity index is 2.04. The van der Waals surface area contributed by atoms with Crippen LogP contribution in [0.15, 0.2) is 27.0 Å². The van der Waals surface area contributed by atoms with Gasteiger partial charge in [-0.3, -0.25) is 18.7 Å². The number of nitrogens with one attached hydrogen (secondary N) is 2. The van der Waals surface area contributed by atoms with Crippen LogP contribution in [0.4, 0.5) is 0 Å². The summed E-state index contributed by atoms with van der Waals surface area (Å²) in [6, 6.07) is -1.34. The summed E-state index contributed by atoms with van der Waals surface area (Å²) in [6.45, 7) is 4.02. The van der Waals surface area contributed by atoms with Crippen LogP contribution in [-0.2, 0) is 30.8 Å². The van der Waals surface area contributed by atoms with Gasteiger partial charge in [0.05, 0.1) is 18.4 Å². The highest BCUT2D eigenvalue weighted by Crippen LogP contribution is 2.61. The van der Waals surface area contributed by atoms with E-state index in [1.807, 2.05) is 0 Å². The first-order valence-corrected chi connectivity index (χ1v) is 15.7. The summed E-state index contributed by atoms with van der Waals surface area (Å²) < 4.78 is 52.9. The van der Waals surface area contributed by atoms with Crippen molar-refractivity contribution in [3.8, 4) is 0 Å². The molecular formula is C21H35N7O7S3. The monoisotopic (exact) mass is 593 g/mol. The lowest BCUT2D eigenvalue weighted by atomic mass is 10.0. The number of carbonyl (C=O) groups excluding carboxylic acids is 2. The highest BCUT2D eigenvalue weighted by Gasteiger charge is 2.44. The molecule has 38 heavy (non-hydrogen) atoms. The Morgan fingerprint density at radius 3 is 2.71 bits per heavy atom. The molecule has 2 aromatic heterocycles. The molecule has 0 bridgehead atoms. The van der Waals surface area contributed by atoms with E-state index < -0.39 is 50.7 Å². The number of nitrogens with two attached hydrogens (primary N) is 2. The van der Waals surface area contributed by atoms with Crippen LogP contribution in [0.3, 0.4) is 0 Å². The van der Waals surface area contributed by atoms with Gasteiger partial charge in [0.25, 0.3) is 0 Å². The summed E-state index contributed by atoms with van der Waals surface area (Å²) in [5.41, 5.74) is 6.62. The van der Waals surface area contributed by atoms with Crippen LogP contribution in [0.5, 0.6) is 0 Å². The van der Waals surface area contributed by atoms with Gasteiger partial charge in [-0.2, -0.15) is 4.31 Å². The van der Waals surface area contributed by atoms with Crippen molar-refractivity contribution < 1.29 is 31.8 Å². The van der Waals surface area contributed by atoms with Crippen molar-refractivity contribution in [3.63, 3.8) is 0 Å². The molecule has 2 amide bonds. The smallest absolute Gasteiger partial charge is 0.247 e. The molecule has 2 aromatic rings. The van der Waals surface area contributed by atoms with Gasteiger partial charge < -0.3 is 25.7 Å². The number of methoxy groups -OCH3 is 1. The number of likely N-dealkylation sites (N-methyl/N-ethyl adjacent to an activating group) is 1. The van der Waals surface area contributed by atoms with E-state index in [4.69, 9.17) is 15.6 Å². The number of thiophene rings is 1. The largest absolute Gasteiger partial charge is 0.385 e. The number of sulfonamides is 1. The van der Waals surface area contributed by atoms with Gasteiger partial charge in [-0.15, -0.1) is 11.3 Å². The number of hydrogen-bond donors (Lipinski definition) is 6. The van der Waals surface area contributed by atoms with Crippen LogP contribution in [-0.4, -0.2) is 93.9 Å². The molecule has 0 aromatic carbocycles. The van der Waals surface area contributed by atoms with Crippen LogP contribution in [0.25, 0.3) is 0 Å². The van der Waals surface area contributed by atoms with E-state index in [0.717, 1.165) is 0 Å². The first kappa shape index (κ1) is 30.5. The van der Waals surface area contributed by atoms with E-state index in [0.29, 0.717) is 30.1 Å². The number of aromatic amines is 1. The second kappa shape index (κ2) is 12.4. The summed E-state index contributed by atoms with van der Waals surface area (Å²) in [5, 5.41) is 8.05. The van der Waals surface area contributed by atoms with Gasteiger partial charge in [0.15, 0.2) is 0 Å². The predicted octanol–water partition coefficient (Wildman–Crippen LogP) is 0.460. The normalized spacial score (nSPS) is 19.8. The fraction of sp³-hybridized carbons (Fsp3) is 0.571. The number of imidazole rings is 1. The highest BCUT2D eigenvalue weighted by atomic mass is 32.3. The van der Waals surface area contributed by atoms with Crippen LogP contribution in [0.2, 0.25) is 0 Å². The molecule has 0 spiro atoms. The molecule has 0 fully saturated rings. The Hall–Kier alpha value is -2.09. The van der Waals surface area contributed by atoms with Gasteiger partial charge >= 0.3 is 0 Å². The quantitative estimate of drug-likeness (QED) is 0.187. The number of primary sulfonamides is 1. The molecule has 3 heterocycles. The van der Waals surface area contributed by atoms with Crippen molar-refractivity contribution in [2.24, 2.45) is 10.9 Å². The Bertz CT molecular complexity index is 1220. The summed E-state index contributed by atoms with van der Waals surface area (Å²) in [6.07, 6.45) is 3.57. The maximum Gasteiger partial charge on any atom is 0.247 e. The van der Waals surface area contributed by atoms with E-state index >= 15 is 0 Å².